The van der Waals surface area contributed by atoms with Crippen LogP contribution in [0.4, 0.5) is 5.69 Å². The summed E-state index contributed by atoms with van der Waals surface area (Å²) in [5.41, 5.74) is 0.478. The van der Waals surface area contributed by atoms with Crippen LogP contribution in [0.3, 0.4) is 0 Å². The Labute approximate surface area is 159 Å². The second-order valence-electron chi connectivity index (χ2n) is 6.12. The smallest absolute Gasteiger partial charge is 0.360 e. The van der Waals surface area contributed by atoms with E-state index in [9.17, 15) is 19.2 Å². The highest BCUT2D eigenvalue weighted by molar-refractivity contribution is 6.03. The van der Waals surface area contributed by atoms with E-state index in [1.165, 1.54) is 13.8 Å². The van der Waals surface area contributed by atoms with Crippen molar-refractivity contribution in [2.24, 2.45) is 0 Å². The van der Waals surface area contributed by atoms with Crippen molar-refractivity contribution in [2.75, 3.05) is 5.32 Å². The summed E-state index contributed by atoms with van der Waals surface area (Å²) in [6.45, 7) is 2.87. The maximum absolute atomic E-state index is 12.4. The summed E-state index contributed by atoms with van der Waals surface area (Å²) in [6.07, 6.45) is -1.10. The Bertz CT molecular complexity index is 1120. The van der Waals surface area contributed by atoms with Gasteiger partial charge < -0.3 is 10.1 Å². The van der Waals surface area contributed by atoms with Gasteiger partial charge in [-0.25, -0.2) is 9.89 Å². The second-order valence-corrected chi connectivity index (χ2v) is 6.12. The lowest BCUT2D eigenvalue weighted by molar-refractivity contribution is -0.123. The molecule has 2 N–H and O–H groups in total. The molecule has 3 aromatic rings. The molecule has 1 aromatic heterocycles. The van der Waals surface area contributed by atoms with Gasteiger partial charge in [0.15, 0.2) is 17.6 Å². The molecule has 0 aliphatic rings. The number of hydrogen-bond acceptors (Lipinski definition) is 6. The molecule has 8 nitrogen and oxygen atoms in total. The first-order valence-corrected chi connectivity index (χ1v) is 8.47. The average Bonchev–Trinajstić information content (AvgIpc) is 2.68. The standard InChI is InChI=1S/C20H17N3O5/c1-11(24)13-7-9-14(10-8-13)21-18(25)12(2)28-20(27)17-15-5-3-4-6-16(15)19(26)23-22-17/h3-10,12H,1-2H3,(H,21,25)(H,23,26)/t12-/m1/s1. The Morgan fingerprint density at radius 2 is 1.68 bits per heavy atom. The molecule has 0 bridgehead atoms. The summed E-state index contributed by atoms with van der Waals surface area (Å²) in [6, 6.07) is 12.8. The average molecular weight is 379 g/mol. The number of amides is 1. The normalized spacial score (nSPS) is 11.6. The Morgan fingerprint density at radius 1 is 1.04 bits per heavy atom. The third-order valence-electron chi connectivity index (χ3n) is 4.10. The lowest BCUT2D eigenvalue weighted by atomic mass is 10.1. The third-order valence-corrected chi connectivity index (χ3v) is 4.10. The molecular formula is C20H17N3O5. The van der Waals surface area contributed by atoms with Gasteiger partial charge in [0.2, 0.25) is 0 Å². The molecule has 142 valence electrons. The van der Waals surface area contributed by atoms with E-state index in [2.05, 4.69) is 15.5 Å². The molecule has 28 heavy (non-hydrogen) atoms. The summed E-state index contributed by atoms with van der Waals surface area (Å²) in [4.78, 5) is 47.8. The summed E-state index contributed by atoms with van der Waals surface area (Å²) in [7, 11) is 0. The number of aromatic amines is 1. The Hall–Kier alpha value is -3.81. The summed E-state index contributed by atoms with van der Waals surface area (Å²) in [5, 5.41) is 9.24. The van der Waals surface area contributed by atoms with Crippen LogP contribution >= 0.6 is 0 Å². The second kappa shape index (κ2) is 7.83. The number of anilines is 1. The van der Waals surface area contributed by atoms with Gasteiger partial charge in [-0.15, -0.1) is 0 Å². The van der Waals surface area contributed by atoms with E-state index < -0.39 is 23.5 Å². The molecule has 0 unspecified atom stereocenters. The SMILES string of the molecule is CC(=O)c1ccc(NC(=O)[C@@H](C)OC(=O)c2n[nH]c(=O)c3ccccc23)cc1. The van der Waals surface area contributed by atoms with Crippen molar-refractivity contribution in [2.45, 2.75) is 20.0 Å². The number of carbonyl (C=O) groups excluding carboxylic acids is 3. The first-order chi connectivity index (χ1) is 13.4. The van der Waals surface area contributed by atoms with Gasteiger partial charge in [0.1, 0.15) is 0 Å². The van der Waals surface area contributed by atoms with Crippen LogP contribution in [0.15, 0.2) is 53.3 Å². The highest BCUT2D eigenvalue weighted by Crippen LogP contribution is 2.15. The number of aromatic nitrogens is 2. The number of carbonyl (C=O) groups is 3. The van der Waals surface area contributed by atoms with Crippen molar-refractivity contribution < 1.29 is 19.1 Å². The van der Waals surface area contributed by atoms with Crippen molar-refractivity contribution in [3.63, 3.8) is 0 Å². The molecule has 0 saturated carbocycles. The van der Waals surface area contributed by atoms with Crippen LogP contribution in [-0.4, -0.2) is 34.0 Å². The van der Waals surface area contributed by atoms with Gasteiger partial charge >= 0.3 is 5.97 Å². The van der Waals surface area contributed by atoms with Gasteiger partial charge in [-0.05, 0) is 44.2 Å². The summed E-state index contributed by atoms with van der Waals surface area (Å²) >= 11 is 0. The highest BCUT2D eigenvalue weighted by Gasteiger charge is 2.22. The summed E-state index contributed by atoms with van der Waals surface area (Å²) in [5.74, 6) is -1.46. The van der Waals surface area contributed by atoms with Crippen LogP contribution in [-0.2, 0) is 9.53 Å². The number of esters is 1. The maximum Gasteiger partial charge on any atom is 0.360 e. The highest BCUT2D eigenvalue weighted by atomic mass is 16.5. The molecule has 0 fully saturated rings. The predicted molar refractivity (Wildman–Crippen MR) is 102 cm³/mol. The minimum atomic E-state index is -1.10. The van der Waals surface area contributed by atoms with E-state index in [1.54, 1.807) is 48.5 Å². The largest absolute Gasteiger partial charge is 0.448 e. The zero-order valence-electron chi connectivity index (χ0n) is 15.2. The first-order valence-electron chi connectivity index (χ1n) is 8.47. The minimum Gasteiger partial charge on any atom is -0.448 e. The molecule has 0 aliphatic carbocycles. The van der Waals surface area contributed by atoms with Crippen LogP contribution < -0.4 is 10.9 Å². The number of fused-ring (bicyclic) bond motifs is 1. The zero-order valence-corrected chi connectivity index (χ0v) is 15.2. The van der Waals surface area contributed by atoms with Crippen molar-refractivity contribution in [3.8, 4) is 0 Å². The molecule has 0 spiro atoms. The molecule has 1 heterocycles. The maximum atomic E-state index is 12.4. The first kappa shape index (κ1) is 19.0. The molecule has 3 rings (SSSR count). The number of rotatable bonds is 5. The number of Topliss-reactive ketones (excluding diaryl/α,β-unsaturated/α-hetero) is 1. The van der Waals surface area contributed by atoms with E-state index in [1.807, 2.05) is 0 Å². The van der Waals surface area contributed by atoms with E-state index >= 15 is 0 Å². The fourth-order valence-corrected chi connectivity index (χ4v) is 2.57. The summed E-state index contributed by atoms with van der Waals surface area (Å²) < 4.78 is 5.19. The van der Waals surface area contributed by atoms with Crippen LogP contribution in [0.2, 0.25) is 0 Å². The quantitative estimate of drug-likeness (QED) is 0.519. The van der Waals surface area contributed by atoms with Crippen molar-refractivity contribution >= 4 is 34.1 Å². The van der Waals surface area contributed by atoms with Gasteiger partial charge in [0.05, 0.1) is 5.39 Å². The number of H-pyrrole nitrogens is 1. The lowest BCUT2D eigenvalue weighted by Gasteiger charge is -2.14. The molecule has 1 amide bonds. The van der Waals surface area contributed by atoms with E-state index in [-0.39, 0.29) is 11.5 Å². The van der Waals surface area contributed by atoms with Gasteiger partial charge in [-0.3, -0.25) is 14.4 Å². The molecule has 0 aliphatic heterocycles. The number of nitrogens with one attached hydrogen (secondary N) is 2. The molecule has 8 heteroatoms. The van der Waals surface area contributed by atoms with Crippen LogP contribution in [0, 0.1) is 0 Å². The van der Waals surface area contributed by atoms with Crippen LogP contribution in [0.5, 0.6) is 0 Å². The molecule has 0 radical (unpaired) electrons. The lowest BCUT2D eigenvalue weighted by Crippen LogP contribution is -2.30. The Kier molecular flexibility index (Phi) is 5.30. The number of hydrogen-bond donors (Lipinski definition) is 2. The minimum absolute atomic E-state index is 0.0826. The fraction of sp³-hybridized carbons (Fsp3) is 0.150. The van der Waals surface area contributed by atoms with Crippen molar-refractivity contribution in [1.29, 1.82) is 0 Å². The monoisotopic (exact) mass is 379 g/mol. The van der Waals surface area contributed by atoms with E-state index in [0.717, 1.165) is 0 Å². The van der Waals surface area contributed by atoms with Gasteiger partial charge in [0.25, 0.3) is 11.5 Å². The van der Waals surface area contributed by atoms with E-state index in [4.69, 9.17) is 4.74 Å². The zero-order chi connectivity index (χ0) is 20.3. The molecule has 2 aromatic carbocycles. The number of ether oxygens (including phenoxy) is 1. The van der Waals surface area contributed by atoms with Gasteiger partial charge in [-0.2, -0.15) is 5.10 Å². The fourth-order valence-electron chi connectivity index (χ4n) is 2.57. The number of ketones is 1. The van der Waals surface area contributed by atoms with Gasteiger partial charge in [-0.1, -0.05) is 18.2 Å². The molecular weight excluding hydrogens is 362 g/mol. The topological polar surface area (TPSA) is 118 Å². The molecule has 0 saturated heterocycles. The van der Waals surface area contributed by atoms with Crippen molar-refractivity contribution in [3.05, 3.63) is 70.1 Å². The van der Waals surface area contributed by atoms with Crippen LogP contribution in [0.1, 0.15) is 34.7 Å². The Balaban J connectivity index is 1.72. The number of nitrogens with zero attached hydrogens (tertiary/aromatic N) is 1. The predicted octanol–water partition coefficient (Wildman–Crippen LogP) is 2.31. The van der Waals surface area contributed by atoms with Gasteiger partial charge in [0, 0.05) is 16.6 Å². The Morgan fingerprint density at radius 3 is 2.32 bits per heavy atom. The van der Waals surface area contributed by atoms with E-state index in [0.29, 0.717) is 22.0 Å². The third kappa shape index (κ3) is 3.96. The van der Waals surface area contributed by atoms with Crippen LogP contribution in [0.25, 0.3) is 10.8 Å². The van der Waals surface area contributed by atoms with Crippen molar-refractivity contribution in [1.82, 2.24) is 10.2 Å². The number of benzene rings is 2. The molecule has 1 atom stereocenters.